The maximum atomic E-state index is 6.98. The van der Waals surface area contributed by atoms with Gasteiger partial charge in [-0.1, -0.05) is 115 Å². The predicted molar refractivity (Wildman–Crippen MR) is 217 cm³/mol. The number of rotatable bonds is 3. The molecule has 4 nitrogen and oxygen atoms in total. The van der Waals surface area contributed by atoms with Crippen LogP contribution in [0.1, 0.15) is 0 Å². The summed E-state index contributed by atoms with van der Waals surface area (Å²) >= 11 is 0. The molecule has 0 aliphatic carbocycles. The number of fused-ring (bicyclic) bond motifs is 10. The van der Waals surface area contributed by atoms with Crippen molar-refractivity contribution < 1.29 is 13.8 Å². The van der Waals surface area contributed by atoms with E-state index in [0.29, 0.717) is 0 Å². The molecule has 0 unspecified atom stereocenters. The van der Waals surface area contributed by atoms with Crippen LogP contribution in [0.5, 0.6) is 17.2 Å². The van der Waals surface area contributed by atoms with Crippen molar-refractivity contribution in [2.45, 2.75) is 0 Å². The molecule has 0 saturated carbocycles. The molecule has 2 aromatic heterocycles. The summed E-state index contributed by atoms with van der Waals surface area (Å²) in [5.74, 6) is 2.51. The molecule has 0 atom stereocenters. The summed E-state index contributed by atoms with van der Waals surface area (Å²) in [5, 5.41) is 4.75. The molecule has 0 N–H and O–H groups in total. The molecule has 0 bridgehead atoms. The van der Waals surface area contributed by atoms with Gasteiger partial charge >= 0.3 is 6.92 Å². The second-order valence-corrected chi connectivity index (χ2v) is 14.0. The first-order chi connectivity index (χ1) is 26.3. The molecule has 53 heavy (non-hydrogen) atoms. The fourth-order valence-electron chi connectivity index (χ4n) is 8.71. The molecule has 2 aliphatic rings. The van der Waals surface area contributed by atoms with Crippen LogP contribution in [0.2, 0.25) is 0 Å². The Bertz CT molecular complexity index is 3080. The highest BCUT2D eigenvalue weighted by molar-refractivity contribution is 6.84. The van der Waals surface area contributed by atoms with Crippen LogP contribution < -0.4 is 20.3 Å². The summed E-state index contributed by atoms with van der Waals surface area (Å²) in [4.78, 5) is 0. The van der Waals surface area contributed by atoms with Crippen molar-refractivity contribution in [3.8, 4) is 56.3 Å². The summed E-state index contributed by atoms with van der Waals surface area (Å²) in [7, 11) is 0. The Balaban J connectivity index is 0.924. The number of aromatic nitrogens is 1. The third-order valence-electron chi connectivity index (χ3n) is 11.1. The van der Waals surface area contributed by atoms with E-state index in [2.05, 4.69) is 156 Å². The van der Waals surface area contributed by atoms with Crippen molar-refractivity contribution in [2.75, 3.05) is 0 Å². The van der Waals surface area contributed by atoms with E-state index in [4.69, 9.17) is 13.8 Å². The number of para-hydroxylation sites is 3. The Hall–Kier alpha value is -6.98. The van der Waals surface area contributed by atoms with Gasteiger partial charge in [-0.15, -0.1) is 0 Å². The zero-order valence-electron chi connectivity index (χ0n) is 28.4. The Labute approximate surface area is 305 Å². The lowest BCUT2D eigenvalue weighted by molar-refractivity contribution is 0.479. The first-order valence-electron chi connectivity index (χ1n) is 18.0. The number of nitrogens with zero attached hydrogens (tertiary/aromatic N) is 1. The van der Waals surface area contributed by atoms with E-state index < -0.39 is 0 Å². The minimum atomic E-state index is -0.287. The van der Waals surface area contributed by atoms with Gasteiger partial charge in [0.25, 0.3) is 0 Å². The number of benzene rings is 8. The molecule has 8 aromatic carbocycles. The van der Waals surface area contributed by atoms with E-state index in [1.165, 1.54) is 21.8 Å². The van der Waals surface area contributed by atoms with Crippen LogP contribution in [0.3, 0.4) is 0 Å². The third-order valence-corrected chi connectivity index (χ3v) is 11.1. The molecule has 0 amide bonds. The van der Waals surface area contributed by atoms with E-state index in [9.17, 15) is 0 Å². The quantitative estimate of drug-likeness (QED) is 0.175. The molecule has 246 valence electrons. The first kappa shape index (κ1) is 28.7. The van der Waals surface area contributed by atoms with Crippen LogP contribution in [0.25, 0.3) is 82.8 Å². The maximum Gasteiger partial charge on any atom is 0.434 e. The van der Waals surface area contributed by atoms with Gasteiger partial charge in [-0.25, -0.2) is 0 Å². The molecule has 10 aromatic rings. The lowest BCUT2D eigenvalue weighted by Gasteiger charge is -2.33. The van der Waals surface area contributed by atoms with Crippen LogP contribution in [0.15, 0.2) is 174 Å². The van der Waals surface area contributed by atoms with Crippen LogP contribution in [-0.2, 0) is 0 Å². The van der Waals surface area contributed by atoms with Crippen LogP contribution >= 0.6 is 0 Å². The Morgan fingerprint density at radius 3 is 1.92 bits per heavy atom. The lowest BCUT2D eigenvalue weighted by Crippen LogP contribution is -2.53. The van der Waals surface area contributed by atoms with Gasteiger partial charge in [0.2, 0.25) is 0 Å². The minimum absolute atomic E-state index is 0.287. The summed E-state index contributed by atoms with van der Waals surface area (Å²) < 4.78 is 22.2. The molecule has 2 aliphatic heterocycles. The molecule has 4 heterocycles. The number of furan rings is 1. The Morgan fingerprint density at radius 1 is 0.434 bits per heavy atom. The summed E-state index contributed by atoms with van der Waals surface area (Å²) in [5.41, 5.74) is 14.1. The van der Waals surface area contributed by atoms with E-state index in [0.717, 1.165) is 89.2 Å². The van der Waals surface area contributed by atoms with Crippen molar-refractivity contribution in [3.05, 3.63) is 170 Å². The molecular weight excluding hydrogens is 649 g/mol. The van der Waals surface area contributed by atoms with Crippen molar-refractivity contribution in [3.63, 3.8) is 0 Å². The van der Waals surface area contributed by atoms with Crippen molar-refractivity contribution in [1.29, 1.82) is 0 Å². The highest BCUT2D eigenvalue weighted by Gasteiger charge is 2.40. The molecule has 5 heteroatoms. The average Bonchev–Trinajstić information content (AvgIpc) is 3.77. The van der Waals surface area contributed by atoms with Crippen LogP contribution in [-0.4, -0.2) is 11.5 Å². The summed E-state index contributed by atoms with van der Waals surface area (Å²) in [6.45, 7) is -0.287. The van der Waals surface area contributed by atoms with E-state index >= 15 is 0 Å². The molecule has 0 fully saturated rings. The summed E-state index contributed by atoms with van der Waals surface area (Å²) in [6.07, 6.45) is 0. The largest absolute Gasteiger partial charge is 0.551 e. The fourth-order valence-corrected chi connectivity index (χ4v) is 8.71. The van der Waals surface area contributed by atoms with Gasteiger partial charge in [0, 0.05) is 43.7 Å². The van der Waals surface area contributed by atoms with Crippen molar-refractivity contribution >= 4 is 61.6 Å². The zero-order valence-corrected chi connectivity index (χ0v) is 28.4. The smallest absolute Gasteiger partial charge is 0.434 e. The third kappa shape index (κ3) is 4.13. The monoisotopic (exact) mass is 677 g/mol. The lowest BCUT2D eigenvalue weighted by atomic mass is 9.51. The predicted octanol–water partition coefficient (Wildman–Crippen LogP) is 11.3. The summed E-state index contributed by atoms with van der Waals surface area (Å²) in [6, 6.07) is 59.9. The van der Waals surface area contributed by atoms with E-state index in [1.54, 1.807) is 0 Å². The standard InChI is InChI=1S/C48H28BNO3/c1-4-14-40-34(9-1)35-10-2-5-15-41(35)50(40)32-23-19-29(20-24-32)30-22-26-39-46(27-30)52-44-18-8-13-37-36-25-21-31(28-45(36)53-49(39)48(37)44)33-12-7-17-43-47(33)38-11-3-6-16-42(38)51-43/h1-28H. The van der Waals surface area contributed by atoms with Gasteiger partial charge in [-0.2, -0.15) is 0 Å². The van der Waals surface area contributed by atoms with Gasteiger partial charge in [-0.3, -0.25) is 0 Å². The Kier molecular flexibility index (Phi) is 5.83. The normalized spacial score (nSPS) is 12.8. The van der Waals surface area contributed by atoms with E-state index in [1.807, 2.05) is 18.2 Å². The first-order valence-corrected chi connectivity index (χ1v) is 18.0. The topological polar surface area (TPSA) is 36.5 Å². The van der Waals surface area contributed by atoms with Crippen LogP contribution in [0.4, 0.5) is 0 Å². The van der Waals surface area contributed by atoms with Gasteiger partial charge in [0.05, 0.1) is 11.0 Å². The minimum Gasteiger partial charge on any atom is -0.551 e. The molecule has 0 saturated heterocycles. The maximum absolute atomic E-state index is 6.98. The number of ether oxygens (including phenoxy) is 1. The van der Waals surface area contributed by atoms with Gasteiger partial charge in [0.15, 0.2) is 0 Å². The van der Waals surface area contributed by atoms with Gasteiger partial charge < -0.3 is 18.4 Å². The number of hydrogen-bond acceptors (Lipinski definition) is 3. The highest BCUT2D eigenvalue weighted by Crippen LogP contribution is 2.44. The average molecular weight is 678 g/mol. The Morgan fingerprint density at radius 2 is 1.09 bits per heavy atom. The SMILES string of the molecule is c1cc2c3c(c1)-c1ccc(-c4cccc5oc6ccccc6c45)cc1OB3c1ccc(-c3ccc(-n4c5ccccc5c5ccccc54)cc3)cc1O2. The van der Waals surface area contributed by atoms with E-state index in [-0.39, 0.29) is 6.92 Å². The van der Waals surface area contributed by atoms with Crippen molar-refractivity contribution in [2.24, 2.45) is 0 Å². The molecular formula is C48H28BNO3. The van der Waals surface area contributed by atoms with Crippen molar-refractivity contribution in [1.82, 2.24) is 4.57 Å². The second kappa shape index (κ2) is 10.8. The molecule has 0 radical (unpaired) electrons. The highest BCUT2D eigenvalue weighted by atomic mass is 16.5. The van der Waals surface area contributed by atoms with Gasteiger partial charge in [-0.05, 0) is 82.4 Å². The molecule has 0 spiro atoms. The van der Waals surface area contributed by atoms with Gasteiger partial charge in [0.1, 0.15) is 28.4 Å². The molecule has 12 rings (SSSR count). The number of hydrogen-bond donors (Lipinski definition) is 0. The second-order valence-electron chi connectivity index (χ2n) is 14.0. The van der Waals surface area contributed by atoms with Crippen LogP contribution in [0, 0.1) is 0 Å². The zero-order chi connectivity index (χ0) is 34.6. The fraction of sp³-hybridized carbons (Fsp3) is 0.